The molecule has 3 aliphatic rings. The first-order valence-corrected chi connectivity index (χ1v) is 10.3. The Kier molecular flexibility index (Phi) is 6.06. The first-order valence-electron chi connectivity index (χ1n) is 10.3. The van der Waals surface area contributed by atoms with Gasteiger partial charge in [-0.25, -0.2) is 0 Å². The second-order valence-corrected chi connectivity index (χ2v) is 8.18. The van der Waals surface area contributed by atoms with Crippen molar-refractivity contribution < 1.29 is 9.47 Å². The van der Waals surface area contributed by atoms with E-state index in [4.69, 9.17) is 9.47 Å². The summed E-state index contributed by atoms with van der Waals surface area (Å²) in [5.74, 6) is 1.61. The molecule has 2 aliphatic heterocycles. The Morgan fingerprint density at radius 2 is 1.96 bits per heavy atom. The van der Waals surface area contributed by atoms with Crippen molar-refractivity contribution in [3.63, 3.8) is 0 Å². The number of hydrogen-bond acceptors (Lipinski definition) is 4. The molecule has 1 aromatic rings. The topological polar surface area (TPSA) is 39.5 Å². The Labute approximate surface area is 151 Å². The van der Waals surface area contributed by atoms with Crippen molar-refractivity contribution >= 4 is 0 Å². The molecule has 4 rings (SSSR count). The Hall–Kier alpha value is -0.910. The lowest BCUT2D eigenvalue weighted by Crippen LogP contribution is -2.40. The summed E-state index contributed by atoms with van der Waals surface area (Å²) in [6.07, 6.45) is 11.1. The molecule has 0 unspecified atom stereocenters. The Morgan fingerprint density at radius 3 is 2.80 bits per heavy atom. The lowest BCUT2D eigenvalue weighted by Gasteiger charge is -2.35. The summed E-state index contributed by atoms with van der Waals surface area (Å²) in [6, 6.07) is 2.66. The number of aromatic nitrogens is 2. The maximum absolute atomic E-state index is 6.02. The average Bonchev–Trinajstić information content (AvgIpc) is 3.31. The minimum Gasteiger partial charge on any atom is -0.381 e. The molecule has 1 aromatic heterocycles. The Balaban J connectivity index is 1.26. The van der Waals surface area contributed by atoms with Crippen molar-refractivity contribution in [2.45, 2.75) is 57.5 Å². The molecule has 1 saturated heterocycles. The molecule has 5 heteroatoms. The zero-order valence-electron chi connectivity index (χ0n) is 15.4. The maximum Gasteiger partial charge on any atom is 0.0671 e. The summed E-state index contributed by atoms with van der Waals surface area (Å²) in [5.41, 5.74) is 1.37. The highest BCUT2D eigenvalue weighted by Crippen LogP contribution is 2.29. The molecule has 140 valence electrons. The molecule has 0 radical (unpaired) electrons. The van der Waals surface area contributed by atoms with Crippen LogP contribution in [0.15, 0.2) is 12.3 Å². The lowest BCUT2D eigenvalue weighted by molar-refractivity contribution is 0.0153. The van der Waals surface area contributed by atoms with Crippen molar-refractivity contribution in [2.24, 2.45) is 11.8 Å². The van der Waals surface area contributed by atoms with Crippen molar-refractivity contribution in [3.05, 3.63) is 18.0 Å². The lowest BCUT2D eigenvalue weighted by atomic mass is 10.0. The molecule has 5 nitrogen and oxygen atoms in total. The maximum atomic E-state index is 6.02. The van der Waals surface area contributed by atoms with Gasteiger partial charge < -0.3 is 9.47 Å². The standard InChI is InChI=1S/C20H33N3O2/c1-2-4-17(3-1)13-22-14-19-5-9-21-23(19)20(15-22)8-12-25-16-18-6-10-24-11-7-18/h5,9,17-18,20H,1-4,6-8,10-16H2/t20-/m0/s1. The Morgan fingerprint density at radius 1 is 1.12 bits per heavy atom. The van der Waals surface area contributed by atoms with Gasteiger partial charge in [0, 0.05) is 52.3 Å². The van der Waals surface area contributed by atoms with Gasteiger partial charge in [0.15, 0.2) is 0 Å². The van der Waals surface area contributed by atoms with Crippen LogP contribution in [0.2, 0.25) is 0 Å². The van der Waals surface area contributed by atoms with Gasteiger partial charge in [-0.3, -0.25) is 9.58 Å². The van der Waals surface area contributed by atoms with Crippen LogP contribution < -0.4 is 0 Å². The van der Waals surface area contributed by atoms with Crippen LogP contribution in [0.5, 0.6) is 0 Å². The molecule has 1 saturated carbocycles. The van der Waals surface area contributed by atoms with Crippen molar-refractivity contribution in [3.8, 4) is 0 Å². The molecule has 3 heterocycles. The highest BCUT2D eigenvalue weighted by molar-refractivity contribution is 5.05. The second-order valence-electron chi connectivity index (χ2n) is 8.18. The summed E-state index contributed by atoms with van der Waals surface area (Å²) < 4.78 is 13.7. The summed E-state index contributed by atoms with van der Waals surface area (Å²) in [5, 5.41) is 4.59. The smallest absolute Gasteiger partial charge is 0.0671 e. The molecule has 2 fully saturated rings. The summed E-state index contributed by atoms with van der Waals surface area (Å²) in [4.78, 5) is 2.66. The second kappa shape index (κ2) is 8.65. The van der Waals surface area contributed by atoms with Gasteiger partial charge in [0.25, 0.3) is 0 Å². The molecule has 1 atom stereocenters. The molecular weight excluding hydrogens is 314 g/mol. The van der Waals surface area contributed by atoms with E-state index in [-0.39, 0.29) is 0 Å². The number of nitrogens with zero attached hydrogens (tertiary/aromatic N) is 3. The average molecular weight is 348 g/mol. The zero-order valence-corrected chi connectivity index (χ0v) is 15.4. The summed E-state index contributed by atoms with van der Waals surface area (Å²) in [7, 11) is 0. The molecule has 1 aliphatic carbocycles. The van der Waals surface area contributed by atoms with E-state index in [2.05, 4.69) is 20.7 Å². The molecule has 0 N–H and O–H groups in total. The normalized spacial score (nSPS) is 26.2. The third-order valence-corrected chi connectivity index (χ3v) is 6.23. The molecule has 25 heavy (non-hydrogen) atoms. The van der Waals surface area contributed by atoms with Crippen molar-refractivity contribution in [1.82, 2.24) is 14.7 Å². The van der Waals surface area contributed by atoms with Crippen LogP contribution in [0.25, 0.3) is 0 Å². The van der Waals surface area contributed by atoms with Gasteiger partial charge in [-0.15, -0.1) is 0 Å². The van der Waals surface area contributed by atoms with Gasteiger partial charge in [-0.05, 0) is 50.0 Å². The fourth-order valence-electron chi connectivity index (χ4n) is 4.76. The van der Waals surface area contributed by atoms with Crippen molar-refractivity contribution in [2.75, 3.05) is 39.5 Å². The largest absolute Gasteiger partial charge is 0.381 e. The number of rotatable bonds is 7. The quantitative estimate of drug-likeness (QED) is 0.710. The van der Waals surface area contributed by atoms with Gasteiger partial charge in [0.2, 0.25) is 0 Å². The van der Waals surface area contributed by atoms with Crippen LogP contribution in [-0.2, 0) is 16.0 Å². The number of fused-ring (bicyclic) bond motifs is 1. The van der Waals surface area contributed by atoms with E-state index in [0.29, 0.717) is 12.0 Å². The van der Waals surface area contributed by atoms with Crippen LogP contribution in [0, 0.1) is 11.8 Å². The van der Waals surface area contributed by atoms with E-state index in [0.717, 1.165) is 64.7 Å². The van der Waals surface area contributed by atoms with E-state index in [9.17, 15) is 0 Å². The van der Waals surface area contributed by atoms with Gasteiger partial charge in [-0.1, -0.05) is 12.8 Å². The monoisotopic (exact) mass is 347 g/mol. The van der Waals surface area contributed by atoms with Crippen LogP contribution in [-0.4, -0.2) is 54.2 Å². The fraction of sp³-hybridized carbons (Fsp3) is 0.850. The summed E-state index contributed by atoms with van der Waals surface area (Å²) in [6.45, 7) is 7.02. The predicted molar refractivity (Wildman–Crippen MR) is 97.5 cm³/mol. The third kappa shape index (κ3) is 4.63. The van der Waals surface area contributed by atoms with E-state index in [1.807, 2.05) is 6.20 Å². The minimum absolute atomic E-state index is 0.467. The number of hydrogen-bond donors (Lipinski definition) is 0. The zero-order chi connectivity index (χ0) is 16.9. The van der Waals surface area contributed by atoms with E-state index in [1.54, 1.807) is 0 Å². The molecular formula is C20H33N3O2. The molecule has 0 spiro atoms. The van der Waals surface area contributed by atoms with E-state index < -0.39 is 0 Å². The fourth-order valence-corrected chi connectivity index (χ4v) is 4.76. The number of ether oxygens (including phenoxy) is 2. The minimum atomic E-state index is 0.467. The predicted octanol–water partition coefficient (Wildman–Crippen LogP) is 3.26. The van der Waals surface area contributed by atoms with Crippen LogP contribution >= 0.6 is 0 Å². The first-order chi connectivity index (χ1) is 12.4. The van der Waals surface area contributed by atoms with Crippen molar-refractivity contribution in [1.29, 1.82) is 0 Å². The molecule has 0 bridgehead atoms. The van der Waals surface area contributed by atoms with Crippen LogP contribution in [0.4, 0.5) is 0 Å². The summed E-state index contributed by atoms with van der Waals surface area (Å²) >= 11 is 0. The molecule has 0 aromatic carbocycles. The van der Waals surface area contributed by atoms with Gasteiger partial charge >= 0.3 is 0 Å². The third-order valence-electron chi connectivity index (χ3n) is 6.23. The van der Waals surface area contributed by atoms with Gasteiger partial charge in [0.1, 0.15) is 0 Å². The SMILES string of the molecule is c1cc2n(n1)[C@@H](CCOCC1CCOCC1)CN(CC1CCCC1)C2. The highest BCUT2D eigenvalue weighted by atomic mass is 16.5. The Bertz CT molecular complexity index is 521. The molecule has 0 amide bonds. The van der Waals surface area contributed by atoms with Crippen LogP contribution in [0.1, 0.15) is 56.7 Å². The van der Waals surface area contributed by atoms with Crippen LogP contribution in [0.3, 0.4) is 0 Å². The van der Waals surface area contributed by atoms with E-state index in [1.165, 1.54) is 37.9 Å². The van der Waals surface area contributed by atoms with Gasteiger partial charge in [0.05, 0.1) is 11.7 Å². The van der Waals surface area contributed by atoms with Gasteiger partial charge in [-0.2, -0.15) is 5.10 Å². The first kappa shape index (κ1) is 17.5. The van der Waals surface area contributed by atoms with E-state index >= 15 is 0 Å². The highest BCUT2D eigenvalue weighted by Gasteiger charge is 2.28.